The number of nitrogen functional groups attached to an aromatic ring is 1. The minimum atomic E-state index is -0.580. The molecule has 2 N–H and O–H groups in total. The summed E-state index contributed by atoms with van der Waals surface area (Å²) >= 11 is 3.15. The van der Waals surface area contributed by atoms with Crippen molar-refractivity contribution < 1.29 is 18.7 Å². The van der Waals surface area contributed by atoms with Gasteiger partial charge in [0.25, 0.3) is 0 Å². The van der Waals surface area contributed by atoms with Gasteiger partial charge in [0.2, 0.25) is 0 Å². The van der Waals surface area contributed by atoms with Gasteiger partial charge in [-0.3, -0.25) is 0 Å². The second-order valence-corrected chi connectivity index (χ2v) is 7.27. The molecule has 0 amide bonds. The first-order valence-corrected chi connectivity index (χ1v) is 7.47. The van der Waals surface area contributed by atoms with Crippen LogP contribution in [0.15, 0.2) is 16.6 Å². The Morgan fingerprint density at radius 2 is 2.05 bits per heavy atom. The monoisotopic (exact) mass is 359 g/mol. The number of benzene rings is 1. The third-order valence-corrected chi connectivity index (χ3v) is 4.20. The molecule has 0 spiro atoms. The van der Waals surface area contributed by atoms with Gasteiger partial charge in [-0.25, -0.2) is 9.18 Å². The Hall–Kier alpha value is -1.14. The van der Waals surface area contributed by atoms with Crippen LogP contribution >= 0.6 is 15.9 Å². The highest BCUT2D eigenvalue weighted by Crippen LogP contribution is 2.39. The lowest BCUT2D eigenvalue weighted by atomic mass is 9.97. The van der Waals surface area contributed by atoms with Gasteiger partial charge in [0.15, 0.2) is 0 Å². The predicted molar refractivity (Wildman–Crippen MR) is 81.6 cm³/mol. The zero-order chi connectivity index (χ0) is 16.0. The van der Waals surface area contributed by atoms with Gasteiger partial charge in [-0.2, -0.15) is 0 Å². The summed E-state index contributed by atoms with van der Waals surface area (Å²) < 4.78 is 25.1. The maximum absolute atomic E-state index is 13.3. The third kappa shape index (κ3) is 3.37. The van der Waals surface area contributed by atoms with Crippen molar-refractivity contribution in [3.05, 3.63) is 28.0 Å². The number of hydrogen-bond acceptors (Lipinski definition) is 4. The van der Waals surface area contributed by atoms with Crippen LogP contribution in [0, 0.1) is 5.82 Å². The number of anilines is 1. The first-order chi connectivity index (χ1) is 9.52. The number of ether oxygens (including phenoxy) is 2. The third-order valence-electron chi connectivity index (χ3n) is 3.55. The number of nitrogens with two attached hydrogens (primary N) is 1. The number of carbonyl (C=O) groups is 1. The van der Waals surface area contributed by atoms with Crippen molar-refractivity contribution in [2.45, 2.75) is 51.4 Å². The molecular formula is C15H19BrFNO3. The molecule has 1 aliphatic heterocycles. The average Bonchev–Trinajstić information content (AvgIpc) is 2.51. The van der Waals surface area contributed by atoms with Gasteiger partial charge >= 0.3 is 5.97 Å². The van der Waals surface area contributed by atoms with Gasteiger partial charge in [-0.05, 0) is 55.8 Å². The van der Waals surface area contributed by atoms with Crippen LogP contribution in [0.1, 0.15) is 44.5 Å². The van der Waals surface area contributed by atoms with Crippen LogP contribution in [0.25, 0.3) is 0 Å². The highest BCUT2D eigenvalue weighted by atomic mass is 79.9. The lowest BCUT2D eigenvalue weighted by molar-refractivity contribution is -0.0924. The van der Waals surface area contributed by atoms with Crippen LogP contribution in [-0.2, 0) is 9.47 Å². The molecule has 1 unspecified atom stereocenters. The van der Waals surface area contributed by atoms with Gasteiger partial charge in [0.05, 0.1) is 16.9 Å². The Bertz CT molecular complexity index is 587. The number of halogens is 2. The zero-order valence-corrected chi connectivity index (χ0v) is 14.1. The van der Waals surface area contributed by atoms with Gasteiger partial charge < -0.3 is 15.2 Å². The largest absolute Gasteiger partial charge is 0.456 e. The molecule has 0 aromatic heterocycles. The fraction of sp³-hybridized carbons (Fsp3) is 0.533. The minimum absolute atomic E-state index is 0.0904. The summed E-state index contributed by atoms with van der Waals surface area (Å²) in [6, 6.07) is 2.43. The van der Waals surface area contributed by atoms with Gasteiger partial charge in [-0.15, -0.1) is 0 Å². The highest BCUT2D eigenvalue weighted by molar-refractivity contribution is 9.10. The molecule has 0 aliphatic carbocycles. The topological polar surface area (TPSA) is 61.5 Å². The standard InChI is InChI=1S/C15H19BrFNO3/c1-14(2)7-12(15(3,4)21-14)20-13(19)8-5-11(18)10(17)6-9(8)16/h5-6,12H,7,18H2,1-4H3. The second kappa shape index (κ2) is 5.25. The lowest BCUT2D eigenvalue weighted by Crippen LogP contribution is -2.36. The lowest BCUT2D eigenvalue weighted by Gasteiger charge is -2.26. The van der Waals surface area contributed by atoms with Crippen LogP contribution in [0.3, 0.4) is 0 Å². The molecule has 1 fully saturated rings. The Balaban J connectivity index is 2.21. The fourth-order valence-electron chi connectivity index (χ4n) is 2.61. The number of hydrogen-bond donors (Lipinski definition) is 1. The van der Waals surface area contributed by atoms with Crippen LogP contribution in [0.5, 0.6) is 0 Å². The minimum Gasteiger partial charge on any atom is -0.456 e. The smallest absolute Gasteiger partial charge is 0.339 e. The maximum Gasteiger partial charge on any atom is 0.339 e. The van der Waals surface area contributed by atoms with Crippen molar-refractivity contribution in [2.75, 3.05) is 5.73 Å². The molecule has 6 heteroatoms. The van der Waals surface area contributed by atoms with Crippen LogP contribution in [0.2, 0.25) is 0 Å². The van der Waals surface area contributed by atoms with E-state index in [1.807, 2.05) is 27.7 Å². The van der Waals surface area contributed by atoms with Crippen molar-refractivity contribution >= 4 is 27.6 Å². The SMILES string of the molecule is CC1(C)CC(OC(=O)c2cc(N)c(F)cc2Br)C(C)(C)O1. The summed E-state index contributed by atoms with van der Waals surface area (Å²) in [5, 5.41) is 0. The van der Waals surface area contributed by atoms with E-state index in [1.165, 1.54) is 6.07 Å². The van der Waals surface area contributed by atoms with E-state index in [1.54, 1.807) is 0 Å². The zero-order valence-electron chi connectivity index (χ0n) is 12.5. The van der Waals surface area contributed by atoms with E-state index >= 15 is 0 Å². The van der Waals surface area contributed by atoms with Crippen molar-refractivity contribution in [3.8, 4) is 0 Å². The summed E-state index contributed by atoms with van der Waals surface area (Å²) in [6.45, 7) is 7.67. The Labute approximate surface area is 131 Å². The van der Waals surface area contributed by atoms with Crippen molar-refractivity contribution in [1.82, 2.24) is 0 Å². The molecule has 2 rings (SSSR count). The highest BCUT2D eigenvalue weighted by Gasteiger charge is 2.48. The quantitative estimate of drug-likeness (QED) is 0.646. The van der Waals surface area contributed by atoms with Crippen molar-refractivity contribution in [2.24, 2.45) is 0 Å². The van der Waals surface area contributed by atoms with E-state index in [-0.39, 0.29) is 23.0 Å². The number of esters is 1. The normalized spacial score (nSPS) is 23.0. The summed E-state index contributed by atoms with van der Waals surface area (Å²) in [6.07, 6.45) is 0.221. The molecule has 1 aromatic carbocycles. The molecule has 116 valence electrons. The molecule has 4 nitrogen and oxygen atoms in total. The fourth-order valence-corrected chi connectivity index (χ4v) is 3.09. The van der Waals surface area contributed by atoms with E-state index in [0.29, 0.717) is 10.9 Å². The van der Waals surface area contributed by atoms with E-state index in [2.05, 4.69) is 15.9 Å². The van der Waals surface area contributed by atoms with E-state index in [9.17, 15) is 9.18 Å². The predicted octanol–water partition coefficient (Wildman–Crippen LogP) is 3.67. The molecule has 1 heterocycles. The van der Waals surface area contributed by atoms with Crippen LogP contribution < -0.4 is 5.73 Å². The molecule has 1 aromatic rings. The Kier molecular flexibility index (Phi) is 4.06. The summed E-state index contributed by atoms with van der Waals surface area (Å²) in [5.74, 6) is -1.13. The first-order valence-electron chi connectivity index (χ1n) is 6.67. The van der Waals surface area contributed by atoms with Gasteiger partial charge in [0.1, 0.15) is 17.5 Å². The maximum atomic E-state index is 13.3. The van der Waals surface area contributed by atoms with Crippen molar-refractivity contribution in [3.63, 3.8) is 0 Å². The summed E-state index contributed by atoms with van der Waals surface area (Å²) in [4.78, 5) is 12.3. The Morgan fingerprint density at radius 3 is 2.57 bits per heavy atom. The van der Waals surface area contributed by atoms with E-state index < -0.39 is 17.4 Å². The summed E-state index contributed by atoms with van der Waals surface area (Å²) in [7, 11) is 0. The molecule has 21 heavy (non-hydrogen) atoms. The molecule has 0 radical (unpaired) electrons. The van der Waals surface area contributed by atoms with Gasteiger partial charge in [0, 0.05) is 10.9 Å². The van der Waals surface area contributed by atoms with Crippen LogP contribution in [-0.4, -0.2) is 23.3 Å². The number of carbonyl (C=O) groups excluding carboxylic acids is 1. The molecule has 1 atom stereocenters. The van der Waals surface area contributed by atoms with Crippen molar-refractivity contribution in [1.29, 1.82) is 0 Å². The van der Waals surface area contributed by atoms with E-state index in [0.717, 1.165) is 6.07 Å². The first kappa shape index (κ1) is 16.2. The molecule has 1 saturated heterocycles. The number of rotatable bonds is 2. The van der Waals surface area contributed by atoms with Gasteiger partial charge in [-0.1, -0.05) is 0 Å². The molecule has 0 saturated carbocycles. The average molecular weight is 360 g/mol. The summed E-state index contributed by atoms with van der Waals surface area (Å²) in [5.41, 5.74) is 4.69. The molecular weight excluding hydrogens is 341 g/mol. The van der Waals surface area contributed by atoms with Crippen LogP contribution in [0.4, 0.5) is 10.1 Å². The second-order valence-electron chi connectivity index (χ2n) is 6.42. The van der Waals surface area contributed by atoms with E-state index in [4.69, 9.17) is 15.2 Å². The molecule has 0 bridgehead atoms. The Morgan fingerprint density at radius 1 is 1.43 bits per heavy atom. The molecule has 1 aliphatic rings.